The summed E-state index contributed by atoms with van der Waals surface area (Å²) < 4.78 is 13.2. The molecule has 1 unspecified atom stereocenters. The predicted molar refractivity (Wildman–Crippen MR) is 46.5 cm³/mol. The maximum atomic E-state index is 8.67. The maximum absolute atomic E-state index is 8.67. The van der Waals surface area contributed by atoms with E-state index in [4.69, 9.17) is 4.55 Å². The lowest BCUT2D eigenvalue weighted by Gasteiger charge is -1.84. The van der Waals surface area contributed by atoms with Gasteiger partial charge < -0.3 is 4.55 Å². The molecule has 0 fully saturated rings. The van der Waals surface area contributed by atoms with Gasteiger partial charge in [-0.1, -0.05) is 0 Å². The number of hydrogen-bond donors (Lipinski definition) is 1. The highest BCUT2D eigenvalue weighted by atomic mass is 33.4. The summed E-state index contributed by atoms with van der Waals surface area (Å²) in [6, 6.07) is 0. The van der Waals surface area contributed by atoms with Crippen LogP contribution in [0, 0.1) is 0 Å². The van der Waals surface area contributed by atoms with Gasteiger partial charge in [-0.05, 0) is 28.9 Å². The molecule has 0 aromatic rings. The second-order valence-corrected chi connectivity index (χ2v) is 9.36. The number of rotatable bonds is 1. The summed E-state index contributed by atoms with van der Waals surface area (Å²) in [6.07, 6.45) is 0. The van der Waals surface area contributed by atoms with Gasteiger partial charge in [-0.2, -0.15) is 0 Å². The molecule has 0 radical (unpaired) electrons. The monoisotopic (exact) mass is 208 g/mol. The smallest absolute Gasteiger partial charge is 0.145 e. The quantitative estimate of drug-likeness (QED) is 0.661. The zero-order chi connectivity index (χ0) is 6.57. The molecule has 50 valence electrons. The van der Waals surface area contributed by atoms with Crippen molar-refractivity contribution in [2.75, 3.05) is 7.11 Å². The molecule has 1 N–H and O–H groups in total. The van der Waals surface area contributed by atoms with Gasteiger partial charge in [-0.15, -0.1) is 0 Å². The van der Waals surface area contributed by atoms with E-state index < -0.39 is 16.6 Å². The van der Waals surface area contributed by atoms with Gasteiger partial charge in [0.25, 0.3) is 0 Å². The molecule has 2 nitrogen and oxygen atoms in total. The first-order chi connectivity index (χ1) is 3.66. The molecular formula is CH4O2S5. The summed E-state index contributed by atoms with van der Waals surface area (Å²) in [7, 11) is 1.40. The highest BCUT2D eigenvalue weighted by Crippen LogP contribution is 1.70. The van der Waals surface area contributed by atoms with Crippen molar-refractivity contribution in [1.29, 1.82) is 0 Å². The van der Waals surface area contributed by atoms with Crippen molar-refractivity contribution in [1.82, 2.24) is 0 Å². The van der Waals surface area contributed by atoms with E-state index in [-0.39, 0.29) is 0 Å². The molecule has 0 aromatic heterocycles. The maximum Gasteiger partial charge on any atom is 0.145 e. The van der Waals surface area contributed by atoms with E-state index >= 15 is 0 Å². The van der Waals surface area contributed by atoms with Gasteiger partial charge in [0, 0.05) is 8.88 Å². The third-order valence-corrected chi connectivity index (χ3v) is 6.91. The Morgan fingerprint density at radius 3 is 2.25 bits per heavy atom. The van der Waals surface area contributed by atoms with Crippen LogP contribution in [0.15, 0.2) is 0 Å². The molecule has 0 aliphatic heterocycles. The first kappa shape index (κ1) is 9.15. The largest absolute Gasteiger partial charge is 0.306 e. The summed E-state index contributed by atoms with van der Waals surface area (Å²) in [5.74, 6) is 0. The van der Waals surface area contributed by atoms with Crippen LogP contribution in [0.1, 0.15) is 0 Å². The van der Waals surface area contributed by atoms with Gasteiger partial charge in [-0.25, -0.2) is 0 Å². The van der Waals surface area contributed by atoms with E-state index in [1.807, 2.05) is 0 Å². The fraction of sp³-hybridized carbons (Fsp3) is 1.00. The lowest BCUT2D eigenvalue weighted by molar-refractivity contribution is 0.426. The van der Waals surface area contributed by atoms with Gasteiger partial charge >= 0.3 is 0 Å². The molecular weight excluding hydrogens is 204 g/mol. The fourth-order valence-electron chi connectivity index (χ4n) is 0.0753. The van der Waals surface area contributed by atoms with E-state index in [2.05, 4.69) is 26.6 Å². The van der Waals surface area contributed by atoms with Crippen LogP contribution in [-0.2, 0) is 52.0 Å². The Morgan fingerprint density at radius 1 is 1.62 bits per heavy atom. The Balaban J connectivity index is 4.66. The van der Waals surface area contributed by atoms with E-state index in [0.717, 1.165) is 8.88 Å². The van der Waals surface area contributed by atoms with Gasteiger partial charge in [0.05, 0.1) is 7.11 Å². The molecule has 0 aliphatic rings. The highest BCUT2D eigenvalue weighted by molar-refractivity contribution is 8.70. The Kier molecular flexibility index (Phi) is 5.69. The highest BCUT2D eigenvalue weighted by Gasteiger charge is 1.73. The summed E-state index contributed by atoms with van der Waals surface area (Å²) in [5, 5.41) is 0. The molecule has 7 heteroatoms. The van der Waals surface area contributed by atoms with E-state index in [1.165, 1.54) is 7.11 Å². The molecule has 0 spiro atoms. The van der Waals surface area contributed by atoms with Crippen LogP contribution in [0.5, 0.6) is 0 Å². The van der Waals surface area contributed by atoms with Crippen LogP contribution in [-0.4, -0.2) is 11.7 Å². The summed E-state index contributed by atoms with van der Waals surface area (Å²) in [6.45, 7) is -0.625. The topological polar surface area (TPSA) is 29.5 Å². The molecule has 0 bridgehead atoms. The molecule has 1 atom stereocenters. The average molecular weight is 208 g/mol. The first-order valence-electron chi connectivity index (χ1n) is 1.42. The van der Waals surface area contributed by atoms with Crippen molar-refractivity contribution in [3.63, 3.8) is 0 Å². The van der Waals surface area contributed by atoms with Crippen molar-refractivity contribution >= 4 is 47.8 Å². The predicted octanol–water partition coefficient (Wildman–Crippen LogP) is 0.0938. The van der Waals surface area contributed by atoms with Crippen molar-refractivity contribution < 1.29 is 8.74 Å². The van der Waals surface area contributed by atoms with E-state index in [0.29, 0.717) is 0 Å². The van der Waals surface area contributed by atoms with E-state index in [1.54, 1.807) is 0 Å². The van der Waals surface area contributed by atoms with Crippen molar-refractivity contribution in [3.05, 3.63) is 0 Å². The third-order valence-electron chi connectivity index (χ3n) is 0.256. The first-order valence-corrected chi connectivity index (χ1v) is 7.46. The second-order valence-electron chi connectivity index (χ2n) is 0.656. The second kappa shape index (κ2) is 4.98. The molecule has 0 amide bonds. The summed E-state index contributed by atoms with van der Waals surface area (Å²) in [4.78, 5) is 0. The Morgan fingerprint density at radius 2 is 2.12 bits per heavy atom. The molecule has 0 rings (SSSR count). The summed E-state index contributed by atoms with van der Waals surface area (Å²) in [5.41, 5.74) is 0. The van der Waals surface area contributed by atoms with E-state index in [9.17, 15) is 0 Å². The van der Waals surface area contributed by atoms with Crippen LogP contribution in [0.2, 0.25) is 0 Å². The minimum atomic E-state index is -1.09. The Labute approximate surface area is 63.5 Å². The lowest BCUT2D eigenvalue weighted by atomic mass is 11.8. The SMILES string of the molecule is COS(O)=S=S(=S)=S. The summed E-state index contributed by atoms with van der Waals surface area (Å²) >= 11 is 9.19. The molecule has 0 saturated carbocycles. The van der Waals surface area contributed by atoms with Gasteiger partial charge in [-0.3, -0.25) is 4.18 Å². The fourth-order valence-corrected chi connectivity index (χ4v) is 4.60. The molecule has 8 heavy (non-hydrogen) atoms. The van der Waals surface area contributed by atoms with Gasteiger partial charge in [0.1, 0.15) is 10.0 Å². The van der Waals surface area contributed by atoms with Gasteiger partial charge in [0.15, 0.2) is 0 Å². The number of hydrogen-bond acceptors (Lipinski definition) is 3. The van der Waals surface area contributed by atoms with Crippen molar-refractivity contribution in [2.45, 2.75) is 0 Å². The normalized spacial score (nSPS) is 12.8. The third kappa shape index (κ3) is 5.29. The van der Waals surface area contributed by atoms with Crippen LogP contribution < -0.4 is 0 Å². The minimum absolute atomic E-state index is 0.625. The minimum Gasteiger partial charge on any atom is -0.306 e. The van der Waals surface area contributed by atoms with Crippen LogP contribution in [0.25, 0.3) is 0 Å². The standard InChI is InChI=1S/CH4O2S5/c1-3-7(2)6-8(4)5/h2H,1H3. The molecule has 0 saturated heterocycles. The van der Waals surface area contributed by atoms with Gasteiger partial charge in [0.2, 0.25) is 0 Å². The van der Waals surface area contributed by atoms with Crippen LogP contribution in [0.4, 0.5) is 0 Å². The van der Waals surface area contributed by atoms with Crippen LogP contribution >= 0.6 is 0 Å². The van der Waals surface area contributed by atoms with Crippen molar-refractivity contribution in [2.24, 2.45) is 0 Å². The zero-order valence-corrected chi connectivity index (χ0v) is 7.98. The molecule has 0 aromatic carbocycles. The Hall–Kier alpha value is 1.15. The van der Waals surface area contributed by atoms with Crippen LogP contribution in [0.3, 0.4) is 0 Å². The molecule has 0 heterocycles. The average Bonchev–Trinajstić information content (AvgIpc) is 1.65. The lowest BCUT2D eigenvalue weighted by Crippen LogP contribution is -1.84. The Bertz CT molecular complexity index is 209. The van der Waals surface area contributed by atoms with Crippen molar-refractivity contribution in [3.8, 4) is 0 Å². The zero-order valence-electron chi connectivity index (χ0n) is 3.90. The molecule has 0 aliphatic carbocycles.